The number of nitrogens with zero attached hydrogens (tertiary/aromatic N) is 2. The molecular weight excluding hydrogens is 482 g/mol. The number of hydrogen-bond acceptors (Lipinski definition) is 7. The highest BCUT2D eigenvalue weighted by atomic mass is 16.6. The molecule has 2 heterocycles. The van der Waals surface area contributed by atoms with E-state index in [2.05, 4.69) is 5.32 Å². The molecule has 0 aliphatic carbocycles. The fraction of sp³-hybridized carbons (Fsp3) is 0.577. The van der Waals surface area contributed by atoms with Crippen LogP contribution in [0.5, 0.6) is 0 Å². The molecule has 0 aromatic heterocycles. The molecule has 2 aliphatic rings. The molecule has 1 aromatic carbocycles. The molecule has 202 valence electrons. The van der Waals surface area contributed by atoms with Crippen LogP contribution in [0.25, 0.3) is 0 Å². The molecule has 3 amide bonds. The number of rotatable bonds is 8. The second-order valence-corrected chi connectivity index (χ2v) is 9.71. The first-order valence-electron chi connectivity index (χ1n) is 12.4. The highest BCUT2D eigenvalue weighted by molar-refractivity contribution is 5.97. The van der Waals surface area contributed by atoms with Crippen molar-refractivity contribution < 1.29 is 38.6 Å². The third-order valence-corrected chi connectivity index (χ3v) is 7.14. The Morgan fingerprint density at radius 3 is 2.41 bits per heavy atom. The largest absolute Gasteiger partial charge is 0.467 e. The highest BCUT2D eigenvalue weighted by Gasteiger charge is 2.53. The third kappa shape index (κ3) is 6.03. The van der Waals surface area contributed by atoms with E-state index in [1.165, 1.54) is 18.7 Å². The van der Waals surface area contributed by atoms with E-state index < -0.39 is 53.6 Å². The maximum atomic E-state index is 14.0. The molecule has 0 radical (unpaired) electrons. The van der Waals surface area contributed by atoms with Crippen molar-refractivity contribution in [2.75, 3.05) is 20.2 Å². The number of methoxy groups -OCH3 is 1. The summed E-state index contributed by atoms with van der Waals surface area (Å²) in [7, 11) is 1.16. The first-order valence-corrected chi connectivity index (χ1v) is 12.4. The van der Waals surface area contributed by atoms with E-state index in [1.807, 2.05) is 31.2 Å². The van der Waals surface area contributed by atoms with E-state index >= 15 is 0 Å². The number of hydrogen-bond donors (Lipinski definition) is 2. The van der Waals surface area contributed by atoms with Gasteiger partial charge >= 0.3 is 18.0 Å². The Morgan fingerprint density at radius 2 is 1.81 bits per heavy atom. The van der Waals surface area contributed by atoms with E-state index in [-0.39, 0.29) is 19.5 Å². The maximum absolute atomic E-state index is 14.0. The zero-order valence-electron chi connectivity index (χ0n) is 21.7. The van der Waals surface area contributed by atoms with E-state index in [4.69, 9.17) is 9.47 Å². The molecule has 2 saturated heterocycles. The van der Waals surface area contributed by atoms with Crippen molar-refractivity contribution in [3.63, 3.8) is 0 Å². The summed E-state index contributed by atoms with van der Waals surface area (Å²) < 4.78 is 9.99. The predicted molar refractivity (Wildman–Crippen MR) is 131 cm³/mol. The van der Waals surface area contributed by atoms with Crippen LogP contribution in [0, 0.1) is 6.92 Å². The lowest BCUT2D eigenvalue weighted by Crippen LogP contribution is -2.64. The predicted octanol–water partition coefficient (Wildman–Crippen LogP) is 1.65. The number of carbonyl (C=O) groups is 5. The summed E-state index contributed by atoms with van der Waals surface area (Å²) in [4.78, 5) is 66.2. The summed E-state index contributed by atoms with van der Waals surface area (Å²) in [5.74, 6) is -2.44. The summed E-state index contributed by atoms with van der Waals surface area (Å²) in [5, 5.41) is 12.3. The molecule has 11 heteroatoms. The second-order valence-electron chi connectivity index (χ2n) is 9.71. The fourth-order valence-corrected chi connectivity index (χ4v) is 5.28. The van der Waals surface area contributed by atoms with Crippen molar-refractivity contribution in [1.82, 2.24) is 15.1 Å². The number of carboxylic acid groups (broad SMARTS) is 1. The summed E-state index contributed by atoms with van der Waals surface area (Å²) in [5.41, 5.74) is 0.469. The van der Waals surface area contributed by atoms with Crippen LogP contribution in [0.4, 0.5) is 4.79 Å². The average molecular weight is 518 g/mol. The van der Waals surface area contributed by atoms with Crippen LogP contribution >= 0.6 is 0 Å². The molecule has 2 fully saturated rings. The molecule has 3 rings (SSSR count). The minimum absolute atomic E-state index is 0.167. The Morgan fingerprint density at radius 1 is 1.14 bits per heavy atom. The number of ether oxygens (including phenoxy) is 2. The lowest BCUT2D eigenvalue weighted by Gasteiger charge is -2.40. The van der Waals surface area contributed by atoms with Crippen LogP contribution in [0.15, 0.2) is 24.3 Å². The zero-order valence-corrected chi connectivity index (χ0v) is 21.7. The SMILES string of the molecule is COC(=O)[C@@H](NC(=O)C1(Cc2ccc(C)cc2)CCCN1C(=O)C1CCCN1C(=O)O)[C@@H](C)OC(C)=O. The Bertz CT molecular complexity index is 1040. The first kappa shape index (κ1) is 27.9. The van der Waals surface area contributed by atoms with Crippen molar-refractivity contribution in [3.05, 3.63) is 35.4 Å². The number of aryl methyl sites for hydroxylation is 1. The van der Waals surface area contributed by atoms with Gasteiger partial charge in [-0.15, -0.1) is 0 Å². The number of likely N-dealkylation sites (tertiary alicyclic amines) is 2. The van der Waals surface area contributed by atoms with Crippen LogP contribution in [-0.4, -0.2) is 88.7 Å². The van der Waals surface area contributed by atoms with Crippen LogP contribution in [-0.2, 0) is 35.1 Å². The molecule has 11 nitrogen and oxygen atoms in total. The van der Waals surface area contributed by atoms with Gasteiger partial charge in [0.15, 0.2) is 6.04 Å². The van der Waals surface area contributed by atoms with Gasteiger partial charge in [-0.1, -0.05) is 29.8 Å². The van der Waals surface area contributed by atoms with Gasteiger partial charge in [0.05, 0.1) is 7.11 Å². The quantitative estimate of drug-likeness (QED) is 0.496. The molecule has 0 saturated carbocycles. The molecule has 2 unspecified atom stereocenters. The lowest BCUT2D eigenvalue weighted by atomic mass is 9.85. The van der Waals surface area contributed by atoms with E-state index in [0.29, 0.717) is 25.7 Å². The smallest absolute Gasteiger partial charge is 0.407 e. The van der Waals surface area contributed by atoms with Gasteiger partial charge < -0.3 is 24.8 Å². The monoisotopic (exact) mass is 517 g/mol. The Hall–Kier alpha value is -3.63. The summed E-state index contributed by atoms with van der Waals surface area (Å²) in [6, 6.07) is 5.40. The van der Waals surface area contributed by atoms with Gasteiger partial charge in [-0.05, 0) is 45.1 Å². The van der Waals surface area contributed by atoms with Crippen LogP contribution in [0.2, 0.25) is 0 Å². The van der Waals surface area contributed by atoms with E-state index in [1.54, 1.807) is 0 Å². The van der Waals surface area contributed by atoms with Gasteiger partial charge in [-0.25, -0.2) is 9.59 Å². The zero-order chi connectivity index (χ0) is 27.3. The van der Waals surface area contributed by atoms with Gasteiger partial charge in [0, 0.05) is 26.4 Å². The van der Waals surface area contributed by atoms with Gasteiger partial charge in [-0.3, -0.25) is 19.3 Å². The normalized spacial score (nSPS) is 22.8. The number of nitrogens with one attached hydrogen (secondary N) is 1. The maximum Gasteiger partial charge on any atom is 0.407 e. The standard InChI is InChI=1S/C26H35N3O8/c1-16-8-10-19(11-9-16)15-26(24(33)27-21(23(32)36-4)17(2)37-18(3)30)12-6-14-29(26)22(31)20-7-5-13-28(20)25(34)35/h8-11,17,20-21H,5-7,12-15H2,1-4H3,(H,27,33)(H,34,35)/t17-,20?,21+,26?/m1/s1. The molecule has 4 atom stereocenters. The number of carbonyl (C=O) groups excluding carboxylic acids is 4. The Balaban J connectivity index is 1.99. The first-order chi connectivity index (χ1) is 17.5. The summed E-state index contributed by atoms with van der Waals surface area (Å²) >= 11 is 0. The molecule has 0 spiro atoms. The number of amides is 3. The van der Waals surface area contributed by atoms with E-state index in [9.17, 15) is 29.1 Å². The van der Waals surface area contributed by atoms with Gasteiger partial charge in [0.2, 0.25) is 11.8 Å². The van der Waals surface area contributed by atoms with Crippen LogP contribution in [0.1, 0.15) is 50.7 Å². The van der Waals surface area contributed by atoms with Crippen LogP contribution < -0.4 is 5.32 Å². The third-order valence-electron chi connectivity index (χ3n) is 7.14. The van der Waals surface area contributed by atoms with Crippen LogP contribution in [0.3, 0.4) is 0 Å². The molecule has 2 N–H and O–H groups in total. The van der Waals surface area contributed by atoms with Crippen molar-refractivity contribution in [2.24, 2.45) is 0 Å². The number of benzene rings is 1. The van der Waals surface area contributed by atoms with Gasteiger partial charge in [-0.2, -0.15) is 0 Å². The molecule has 0 bridgehead atoms. The van der Waals surface area contributed by atoms with Crippen molar-refractivity contribution in [1.29, 1.82) is 0 Å². The van der Waals surface area contributed by atoms with Gasteiger partial charge in [0.1, 0.15) is 17.7 Å². The average Bonchev–Trinajstić information content (AvgIpc) is 3.51. The highest BCUT2D eigenvalue weighted by Crippen LogP contribution is 2.36. The topological polar surface area (TPSA) is 143 Å². The number of esters is 2. The Labute approximate surface area is 216 Å². The molecular formula is C26H35N3O8. The van der Waals surface area contributed by atoms with Crippen molar-refractivity contribution >= 4 is 29.8 Å². The summed E-state index contributed by atoms with van der Waals surface area (Å²) in [6.07, 6.45) is -0.268. The fourth-order valence-electron chi connectivity index (χ4n) is 5.28. The molecule has 37 heavy (non-hydrogen) atoms. The lowest BCUT2D eigenvalue weighted by molar-refractivity contribution is -0.158. The molecule has 1 aromatic rings. The van der Waals surface area contributed by atoms with Crippen molar-refractivity contribution in [2.45, 2.75) is 76.6 Å². The van der Waals surface area contributed by atoms with Crippen molar-refractivity contribution in [3.8, 4) is 0 Å². The van der Waals surface area contributed by atoms with E-state index in [0.717, 1.165) is 23.1 Å². The minimum Gasteiger partial charge on any atom is -0.467 e. The summed E-state index contributed by atoms with van der Waals surface area (Å²) in [6.45, 7) is 5.12. The molecule has 2 aliphatic heterocycles. The Kier molecular flexibility index (Phi) is 8.77. The van der Waals surface area contributed by atoms with Gasteiger partial charge in [0.25, 0.3) is 0 Å². The second kappa shape index (κ2) is 11.6. The minimum atomic E-state index is -1.37.